The third-order valence-corrected chi connectivity index (χ3v) is 4.36. The van der Waals surface area contributed by atoms with Gasteiger partial charge in [0.05, 0.1) is 18.4 Å². The van der Waals surface area contributed by atoms with Crippen LogP contribution in [0.25, 0.3) is 0 Å². The molecule has 1 aromatic carbocycles. The minimum absolute atomic E-state index is 0.0678. The van der Waals surface area contributed by atoms with Gasteiger partial charge in [-0.25, -0.2) is 0 Å². The summed E-state index contributed by atoms with van der Waals surface area (Å²) in [5.41, 5.74) is 6.93. The normalized spacial score (nSPS) is 26.4. The maximum Gasteiger partial charge on any atom is 0.184 e. The van der Waals surface area contributed by atoms with Gasteiger partial charge in [0.1, 0.15) is 13.2 Å². The minimum Gasteiger partial charge on any atom is -0.486 e. The summed E-state index contributed by atoms with van der Waals surface area (Å²) in [7, 11) is 0. The summed E-state index contributed by atoms with van der Waals surface area (Å²) in [6, 6.07) is 5.75. The second-order valence-corrected chi connectivity index (χ2v) is 6.21. The van der Waals surface area contributed by atoms with Crippen LogP contribution in [-0.2, 0) is 4.74 Å². The van der Waals surface area contributed by atoms with Crippen molar-refractivity contribution in [2.24, 2.45) is 5.73 Å². The second kappa shape index (κ2) is 7.33. The molecule has 1 saturated heterocycles. The predicted octanol–water partition coefficient (Wildman–Crippen LogP) is 1.64. The van der Waals surface area contributed by atoms with Crippen LogP contribution in [0.4, 0.5) is 5.69 Å². The summed E-state index contributed by atoms with van der Waals surface area (Å²) in [4.78, 5) is 0. The lowest BCUT2D eigenvalue weighted by atomic mass is 9.98. The Bertz CT molecular complexity index is 570. The number of para-hydroxylation sites is 1. The topological polar surface area (TPSA) is 77.8 Å². The van der Waals surface area contributed by atoms with Crippen LogP contribution in [0.1, 0.15) is 19.8 Å². The SMILES string of the molecule is CC[C@H]1C[C@@H](NC(=S)Nc2cccc3c2OCCO3)[C@@H](N)CO1. The van der Waals surface area contributed by atoms with E-state index in [1.54, 1.807) is 0 Å². The number of rotatable bonds is 3. The van der Waals surface area contributed by atoms with E-state index in [0.29, 0.717) is 30.7 Å². The standard InChI is InChI=1S/C16H23N3O3S/c1-2-10-8-13(11(17)9-22-10)19-16(23)18-12-4-3-5-14-15(12)21-7-6-20-14/h3-5,10-11,13H,2,6-9,17H2,1H3,(H2,18,19,23)/t10-,11-,13+/m0/s1. The molecule has 23 heavy (non-hydrogen) atoms. The van der Waals surface area contributed by atoms with Gasteiger partial charge in [-0.3, -0.25) is 0 Å². The third-order valence-electron chi connectivity index (χ3n) is 4.14. The number of fused-ring (bicyclic) bond motifs is 1. The van der Waals surface area contributed by atoms with Gasteiger partial charge in [-0.15, -0.1) is 0 Å². The highest BCUT2D eigenvalue weighted by Gasteiger charge is 2.28. The van der Waals surface area contributed by atoms with E-state index in [9.17, 15) is 0 Å². The molecule has 126 valence electrons. The fraction of sp³-hybridized carbons (Fsp3) is 0.562. The van der Waals surface area contributed by atoms with Crippen molar-refractivity contribution < 1.29 is 14.2 Å². The first-order valence-electron chi connectivity index (χ1n) is 8.00. The van der Waals surface area contributed by atoms with Gasteiger partial charge in [-0.2, -0.15) is 0 Å². The first-order chi connectivity index (χ1) is 11.2. The van der Waals surface area contributed by atoms with Crippen molar-refractivity contribution in [2.75, 3.05) is 25.1 Å². The van der Waals surface area contributed by atoms with E-state index in [4.69, 9.17) is 32.2 Å². The first kappa shape index (κ1) is 16.3. The lowest BCUT2D eigenvalue weighted by Gasteiger charge is -2.35. The van der Waals surface area contributed by atoms with Gasteiger partial charge in [-0.05, 0) is 37.2 Å². The number of nitrogens with one attached hydrogen (secondary N) is 2. The maximum absolute atomic E-state index is 6.13. The van der Waals surface area contributed by atoms with Crippen molar-refractivity contribution in [3.05, 3.63) is 18.2 Å². The van der Waals surface area contributed by atoms with Gasteiger partial charge < -0.3 is 30.6 Å². The number of ether oxygens (including phenoxy) is 3. The van der Waals surface area contributed by atoms with E-state index in [1.807, 2.05) is 18.2 Å². The smallest absolute Gasteiger partial charge is 0.184 e. The molecule has 2 aliphatic heterocycles. The molecule has 0 amide bonds. The second-order valence-electron chi connectivity index (χ2n) is 5.80. The Hall–Kier alpha value is -1.57. The predicted molar refractivity (Wildman–Crippen MR) is 93.2 cm³/mol. The molecule has 2 heterocycles. The van der Waals surface area contributed by atoms with Crippen LogP contribution in [-0.4, -0.2) is 43.1 Å². The molecule has 0 bridgehead atoms. The molecule has 1 fully saturated rings. The highest BCUT2D eigenvalue weighted by Crippen LogP contribution is 2.37. The van der Waals surface area contributed by atoms with Gasteiger partial charge >= 0.3 is 0 Å². The monoisotopic (exact) mass is 337 g/mol. The first-order valence-corrected chi connectivity index (χ1v) is 8.41. The van der Waals surface area contributed by atoms with E-state index in [2.05, 4.69) is 17.6 Å². The van der Waals surface area contributed by atoms with Crippen LogP contribution >= 0.6 is 12.2 Å². The molecule has 7 heteroatoms. The quantitative estimate of drug-likeness (QED) is 0.724. The molecule has 0 unspecified atom stereocenters. The van der Waals surface area contributed by atoms with Crippen molar-refractivity contribution >= 4 is 23.0 Å². The molecule has 0 spiro atoms. The molecule has 4 N–H and O–H groups in total. The highest BCUT2D eigenvalue weighted by molar-refractivity contribution is 7.80. The Labute approximate surface area is 141 Å². The molecular formula is C16H23N3O3S. The Morgan fingerprint density at radius 3 is 3.00 bits per heavy atom. The molecule has 0 aromatic heterocycles. The fourth-order valence-electron chi connectivity index (χ4n) is 2.84. The Balaban J connectivity index is 1.63. The Kier molecular flexibility index (Phi) is 5.20. The van der Waals surface area contributed by atoms with Crippen LogP contribution in [0, 0.1) is 0 Å². The van der Waals surface area contributed by atoms with Gasteiger partial charge in [0.15, 0.2) is 16.6 Å². The average molecular weight is 337 g/mol. The number of nitrogens with two attached hydrogens (primary N) is 1. The van der Waals surface area contributed by atoms with Crippen molar-refractivity contribution in [2.45, 2.75) is 38.0 Å². The molecule has 0 saturated carbocycles. The lowest BCUT2D eigenvalue weighted by Crippen LogP contribution is -2.55. The molecule has 3 atom stereocenters. The summed E-state index contributed by atoms with van der Waals surface area (Å²) < 4.78 is 16.9. The molecule has 0 aliphatic carbocycles. The van der Waals surface area contributed by atoms with Crippen LogP contribution < -0.4 is 25.8 Å². The third kappa shape index (κ3) is 3.85. The number of anilines is 1. The van der Waals surface area contributed by atoms with Gasteiger partial charge in [0, 0.05) is 12.1 Å². The summed E-state index contributed by atoms with van der Waals surface area (Å²) >= 11 is 5.43. The zero-order chi connectivity index (χ0) is 16.2. The van der Waals surface area contributed by atoms with Gasteiger partial charge in [-0.1, -0.05) is 13.0 Å². The van der Waals surface area contributed by atoms with Crippen molar-refractivity contribution in [3.8, 4) is 11.5 Å². The zero-order valence-corrected chi connectivity index (χ0v) is 14.0. The van der Waals surface area contributed by atoms with Crippen LogP contribution in [0.15, 0.2) is 18.2 Å². The maximum atomic E-state index is 6.13. The Morgan fingerprint density at radius 2 is 2.17 bits per heavy atom. The molecule has 0 radical (unpaired) electrons. The van der Waals surface area contributed by atoms with Crippen molar-refractivity contribution in [3.63, 3.8) is 0 Å². The largest absolute Gasteiger partial charge is 0.486 e. The summed E-state index contributed by atoms with van der Waals surface area (Å²) in [5, 5.41) is 7.03. The number of hydrogen-bond acceptors (Lipinski definition) is 5. The minimum atomic E-state index is -0.0678. The molecule has 1 aromatic rings. The molecule has 2 aliphatic rings. The van der Waals surface area contributed by atoms with E-state index < -0.39 is 0 Å². The molecule has 6 nitrogen and oxygen atoms in total. The lowest BCUT2D eigenvalue weighted by molar-refractivity contribution is -0.00825. The van der Waals surface area contributed by atoms with E-state index >= 15 is 0 Å². The van der Waals surface area contributed by atoms with Crippen LogP contribution in [0.3, 0.4) is 0 Å². The summed E-state index contributed by atoms with van der Waals surface area (Å²) in [5.74, 6) is 1.43. The van der Waals surface area contributed by atoms with Crippen molar-refractivity contribution in [1.82, 2.24) is 5.32 Å². The summed E-state index contributed by atoms with van der Waals surface area (Å²) in [6.45, 7) is 3.77. The molecular weight excluding hydrogens is 314 g/mol. The molecule has 3 rings (SSSR count). The zero-order valence-electron chi connectivity index (χ0n) is 13.2. The van der Waals surface area contributed by atoms with Crippen molar-refractivity contribution in [1.29, 1.82) is 0 Å². The highest BCUT2D eigenvalue weighted by atomic mass is 32.1. The van der Waals surface area contributed by atoms with E-state index in [1.165, 1.54) is 0 Å². The Morgan fingerprint density at radius 1 is 1.35 bits per heavy atom. The van der Waals surface area contributed by atoms with Crippen LogP contribution in [0.2, 0.25) is 0 Å². The van der Waals surface area contributed by atoms with Gasteiger partial charge in [0.2, 0.25) is 0 Å². The number of benzene rings is 1. The van der Waals surface area contributed by atoms with E-state index in [0.717, 1.165) is 24.3 Å². The number of hydrogen-bond donors (Lipinski definition) is 3. The average Bonchev–Trinajstić information content (AvgIpc) is 2.57. The van der Waals surface area contributed by atoms with E-state index in [-0.39, 0.29) is 18.2 Å². The van der Waals surface area contributed by atoms with Gasteiger partial charge in [0.25, 0.3) is 0 Å². The van der Waals surface area contributed by atoms with Crippen LogP contribution in [0.5, 0.6) is 11.5 Å². The number of thiocarbonyl (C=S) groups is 1. The fourth-order valence-corrected chi connectivity index (χ4v) is 3.10. The summed E-state index contributed by atoms with van der Waals surface area (Å²) in [6.07, 6.45) is 2.06.